The van der Waals surface area contributed by atoms with Gasteiger partial charge in [0.1, 0.15) is 11.4 Å². The van der Waals surface area contributed by atoms with E-state index in [1.165, 1.54) is 25.2 Å². The highest BCUT2D eigenvalue weighted by molar-refractivity contribution is 5.92. The predicted octanol–water partition coefficient (Wildman–Crippen LogP) is 0.902. The van der Waals surface area contributed by atoms with Crippen molar-refractivity contribution >= 4 is 5.91 Å². The Morgan fingerprint density at radius 3 is 2.58 bits per heavy atom. The Labute approximate surface area is 132 Å². The molecule has 0 saturated heterocycles. The molecule has 0 unspecified atom stereocenters. The van der Waals surface area contributed by atoms with Crippen LogP contribution in [0.3, 0.4) is 0 Å². The lowest BCUT2D eigenvalue weighted by molar-refractivity contribution is -0.274. The second-order valence-corrected chi connectivity index (χ2v) is 4.72. The molecule has 1 aromatic heterocycles. The number of ether oxygens (including phenoxy) is 1. The van der Waals surface area contributed by atoms with E-state index in [1.54, 1.807) is 0 Å². The molecule has 0 aliphatic heterocycles. The number of hydrogen-bond acceptors (Lipinski definition) is 4. The summed E-state index contributed by atoms with van der Waals surface area (Å²) in [5.41, 5.74) is -1.69. The molecule has 10 heteroatoms. The highest BCUT2D eigenvalue weighted by Crippen LogP contribution is 2.26. The van der Waals surface area contributed by atoms with Gasteiger partial charge in [-0.2, -0.15) is 0 Å². The highest BCUT2D eigenvalue weighted by Gasteiger charge is 2.32. The van der Waals surface area contributed by atoms with Gasteiger partial charge in [-0.1, -0.05) is 18.2 Å². The number of halogens is 3. The van der Waals surface area contributed by atoms with Crippen LogP contribution in [0, 0.1) is 0 Å². The van der Waals surface area contributed by atoms with E-state index < -0.39 is 29.3 Å². The first kappa shape index (κ1) is 17.3. The monoisotopic (exact) mass is 343 g/mol. The third-order valence-corrected chi connectivity index (χ3v) is 3.03. The first-order valence-corrected chi connectivity index (χ1v) is 6.59. The standard InChI is InChI=1S/C14H12F3N3O4/c1-20-11(21)6-9(19-13(20)23)12(22)18-7-8-4-2-3-5-10(8)24-14(15,16)17/h2-6H,7H2,1H3,(H,18,22)(H,19,23). The average Bonchev–Trinajstić information content (AvgIpc) is 2.49. The molecule has 0 aliphatic carbocycles. The Kier molecular flexibility index (Phi) is 4.77. The first-order valence-electron chi connectivity index (χ1n) is 6.59. The van der Waals surface area contributed by atoms with Gasteiger partial charge in [-0.15, -0.1) is 13.2 Å². The number of H-pyrrole nitrogens is 1. The van der Waals surface area contributed by atoms with E-state index in [1.807, 2.05) is 0 Å². The van der Waals surface area contributed by atoms with E-state index in [0.717, 1.165) is 16.7 Å². The number of nitrogens with zero attached hydrogens (tertiary/aromatic N) is 1. The second-order valence-electron chi connectivity index (χ2n) is 4.72. The quantitative estimate of drug-likeness (QED) is 0.863. The second kappa shape index (κ2) is 6.60. The van der Waals surface area contributed by atoms with Crippen LogP contribution in [0.15, 0.2) is 39.9 Å². The minimum atomic E-state index is -4.86. The predicted molar refractivity (Wildman–Crippen MR) is 76.6 cm³/mol. The lowest BCUT2D eigenvalue weighted by Gasteiger charge is -2.13. The number of carbonyl (C=O) groups is 1. The van der Waals surface area contributed by atoms with E-state index in [4.69, 9.17) is 0 Å². The third kappa shape index (κ3) is 4.24. The number of hydrogen-bond donors (Lipinski definition) is 2. The zero-order valence-electron chi connectivity index (χ0n) is 12.3. The number of carbonyl (C=O) groups excluding carboxylic acids is 1. The van der Waals surface area contributed by atoms with Crippen molar-refractivity contribution in [3.63, 3.8) is 0 Å². The lowest BCUT2D eigenvalue weighted by atomic mass is 10.2. The maximum atomic E-state index is 12.3. The van der Waals surface area contributed by atoms with Crippen LogP contribution in [0.4, 0.5) is 13.2 Å². The van der Waals surface area contributed by atoms with Crippen molar-refractivity contribution in [3.05, 3.63) is 62.4 Å². The van der Waals surface area contributed by atoms with Crippen molar-refractivity contribution in [1.29, 1.82) is 0 Å². The van der Waals surface area contributed by atoms with Gasteiger partial charge in [0.15, 0.2) is 0 Å². The lowest BCUT2D eigenvalue weighted by Crippen LogP contribution is -2.36. The molecule has 1 amide bonds. The van der Waals surface area contributed by atoms with E-state index in [2.05, 4.69) is 15.0 Å². The fourth-order valence-corrected chi connectivity index (χ4v) is 1.82. The zero-order valence-corrected chi connectivity index (χ0v) is 12.3. The molecule has 1 aromatic carbocycles. The minimum absolute atomic E-state index is 0.0781. The molecule has 2 N–H and O–H groups in total. The number of aromatic nitrogens is 2. The molecular weight excluding hydrogens is 331 g/mol. The molecule has 24 heavy (non-hydrogen) atoms. The minimum Gasteiger partial charge on any atom is -0.405 e. The maximum absolute atomic E-state index is 12.3. The summed E-state index contributed by atoms with van der Waals surface area (Å²) in [5, 5.41) is 2.31. The normalized spacial score (nSPS) is 11.2. The van der Waals surface area contributed by atoms with Crippen LogP contribution < -0.4 is 21.3 Å². The topological polar surface area (TPSA) is 93.2 Å². The Hall–Kier alpha value is -3.04. The van der Waals surface area contributed by atoms with Gasteiger partial charge in [0.25, 0.3) is 11.5 Å². The van der Waals surface area contributed by atoms with Crippen molar-refractivity contribution in [2.45, 2.75) is 12.9 Å². The molecule has 0 aliphatic rings. The molecule has 0 radical (unpaired) electrons. The van der Waals surface area contributed by atoms with Gasteiger partial charge in [0.05, 0.1) is 0 Å². The highest BCUT2D eigenvalue weighted by atomic mass is 19.4. The number of alkyl halides is 3. The van der Waals surface area contributed by atoms with Gasteiger partial charge >= 0.3 is 12.1 Å². The van der Waals surface area contributed by atoms with Crippen molar-refractivity contribution in [3.8, 4) is 5.75 Å². The average molecular weight is 343 g/mol. The molecular formula is C14H12F3N3O4. The van der Waals surface area contributed by atoms with Crippen LogP contribution in [0.5, 0.6) is 5.75 Å². The molecule has 0 spiro atoms. The third-order valence-electron chi connectivity index (χ3n) is 3.03. The first-order chi connectivity index (χ1) is 11.2. The molecule has 1 heterocycles. The Bertz CT molecular complexity index is 839. The summed E-state index contributed by atoms with van der Waals surface area (Å²) in [7, 11) is 1.23. The Balaban J connectivity index is 2.16. The fraction of sp³-hybridized carbons (Fsp3) is 0.214. The van der Waals surface area contributed by atoms with E-state index in [9.17, 15) is 27.6 Å². The molecule has 0 atom stereocenters. The summed E-state index contributed by atoms with van der Waals surface area (Å²) in [6.45, 7) is -0.289. The number of benzene rings is 1. The van der Waals surface area contributed by atoms with Gasteiger partial charge in [-0.25, -0.2) is 4.79 Å². The summed E-state index contributed by atoms with van der Waals surface area (Å²) in [4.78, 5) is 37.0. The zero-order chi connectivity index (χ0) is 17.9. The van der Waals surface area contributed by atoms with Crippen molar-refractivity contribution in [2.75, 3.05) is 0 Å². The van der Waals surface area contributed by atoms with Crippen LogP contribution in [-0.4, -0.2) is 21.8 Å². The van der Waals surface area contributed by atoms with Crippen molar-refractivity contribution < 1.29 is 22.7 Å². The summed E-state index contributed by atoms with van der Waals surface area (Å²) in [5.74, 6) is -1.27. The van der Waals surface area contributed by atoms with Crippen LogP contribution in [0.2, 0.25) is 0 Å². The van der Waals surface area contributed by atoms with Crippen LogP contribution in [0.1, 0.15) is 16.1 Å². The summed E-state index contributed by atoms with van der Waals surface area (Å²) in [6, 6.07) is 6.19. The molecule has 0 saturated carbocycles. The van der Waals surface area contributed by atoms with Gasteiger partial charge in [0, 0.05) is 25.2 Å². The van der Waals surface area contributed by atoms with Gasteiger partial charge in [0.2, 0.25) is 0 Å². The van der Waals surface area contributed by atoms with E-state index in [0.29, 0.717) is 0 Å². The molecule has 2 rings (SSSR count). The van der Waals surface area contributed by atoms with Crippen molar-refractivity contribution in [1.82, 2.24) is 14.9 Å². The maximum Gasteiger partial charge on any atom is 0.573 e. The number of para-hydroxylation sites is 1. The van der Waals surface area contributed by atoms with E-state index >= 15 is 0 Å². The summed E-state index contributed by atoms with van der Waals surface area (Å²) >= 11 is 0. The smallest absolute Gasteiger partial charge is 0.405 e. The molecule has 2 aromatic rings. The van der Waals surface area contributed by atoms with Gasteiger partial charge in [-0.3, -0.25) is 14.2 Å². The number of aromatic amines is 1. The number of rotatable bonds is 4. The molecule has 128 valence electrons. The van der Waals surface area contributed by atoms with Crippen molar-refractivity contribution in [2.24, 2.45) is 7.05 Å². The van der Waals surface area contributed by atoms with Gasteiger partial charge < -0.3 is 15.0 Å². The van der Waals surface area contributed by atoms with E-state index in [-0.39, 0.29) is 17.8 Å². The fourth-order valence-electron chi connectivity index (χ4n) is 1.82. The Morgan fingerprint density at radius 2 is 1.96 bits per heavy atom. The molecule has 7 nitrogen and oxygen atoms in total. The van der Waals surface area contributed by atoms with Crippen LogP contribution in [-0.2, 0) is 13.6 Å². The molecule has 0 bridgehead atoms. The summed E-state index contributed by atoms with van der Waals surface area (Å²) < 4.78 is 41.6. The number of amides is 1. The number of nitrogens with one attached hydrogen (secondary N) is 2. The van der Waals surface area contributed by atoms with Gasteiger partial charge in [-0.05, 0) is 6.07 Å². The van der Waals surface area contributed by atoms with Crippen LogP contribution >= 0.6 is 0 Å². The SMILES string of the molecule is Cn1c(=O)cc(C(=O)NCc2ccccc2OC(F)(F)F)[nH]c1=O. The summed E-state index contributed by atoms with van der Waals surface area (Å²) in [6.07, 6.45) is -4.86. The largest absolute Gasteiger partial charge is 0.573 e. The molecule has 0 fully saturated rings. The van der Waals surface area contributed by atoms with Crippen LogP contribution in [0.25, 0.3) is 0 Å². The Morgan fingerprint density at radius 1 is 1.29 bits per heavy atom.